The molecule has 1 unspecified atom stereocenters. The second kappa shape index (κ2) is 9.08. The Morgan fingerprint density at radius 3 is 2.76 bits per heavy atom. The van der Waals surface area contributed by atoms with Crippen LogP contribution in [0.5, 0.6) is 0 Å². The molecule has 0 radical (unpaired) electrons. The number of nitrogens with one attached hydrogen (secondary N) is 1. The standard InChI is InChI=1S/C26H32N4O3/c1-6-7-8-26(3,32)19-10-18(13-27-14-19)20-12-21-22(11-17(20)9-16(2)33-5)28-15-23-24(21)29-25(31)30(23)4/h10-16,32H,6-9H2,1-5H3,(H,29,31)/t16-,26?/m0/s1. The van der Waals surface area contributed by atoms with Crippen molar-refractivity contribution in [2.24, 2.45) is 7.05 Å². The third-order valence-corrected chi connectivity index (χ3v) is 6.57. The molecular formula is C26H32N4O3. The average molecular weight is 449 g/mol. The molecule has 0 bridgehead atoms. The zero-order valence-electron chi connectivity index (χ0n) is 20.0. The van der Waals surface area contributed by atoms with E-state index in [9.17, 15) is 9.90 Å². The van der Waals surface area contributed by atoms with Crippen molar-refractivity contribution in [2.75, 3.05) is 7.11 Å². The smallest absolute Gasteiger partial charge is 0.326 e. The van der Waals surface area contributed by atoms with Gasteiger partial charge in [0.1, 0.15) is 0 Å². The van der Waals surface area contributed by atoms with Gasteiger partial charge >= 0.3 is 5.69 Å². The lowest BCUT2D eigenvalue weighted by Gasteiger charge is -2.24. The quantitative estimate of drug-likeness (QED) is 0.415. The summed E-state index contributed by atoms with van der Waals surface area (Å²) in [5.41, 5.74) is 4.99. The Balaban J connectivity index is 1.93. The molecule has 174 valence electrons. The Labute approximate surface area is 193 Å². The normalized spacial score (nSPS) is 14.6. The van der Waals surface area contributed by atoms with E-state index in [1.807, 2.05) is 26.1 Å². The van der Waals surface area contributed by atoms with Crippen LogP contribution in [0.4, 0.5) is 0 Å². The molecule has 4 aromatic rings. The molecule has 2 N–H and O–H groups in total. The van der Waals surface area contributed by atoms with Crippen LogP contribution in [0.15, 0.2) is 41.6 Å². The van der Waals surface area contributed by atoms with Gasteiger partial charge in [-0.15, -0.1) is 0 Å². The molecule has 33 heavy (non-hydrogen) atoms. The van der Waals surface area contributed by atoms with Crippen molar-refractivity contribution in [2.45, 2.75) is 58.2 Å². The number of benzene rings is 1. The second-order valence-corrected chi connectivity index (χ2v) is 9.12. The van der Waals surface area contributed by atoms with Crippen LogP contribution in [-0.2, 0) is 23.8 Å². The first-order chi connectivity index (χ1) is 15.7. The monoisotopic (exact) mass is 448 g/mol. The van der Waals surface area contributed by atoms with Crippen molar-refractivity contribution in [1.29, 1.82) is 0 Å². The molecule has 1 aromatic carbocycles. The van der Waals surface area contributed by atoms with E-state index < -0.39 is 5.60 Å². The highest BCUT2D eigenvalue weighted by Gasteiger charge is 2.24. The molecule has 0 fully saturated rings. The summed E-state index contributed by atoms with van der Waals surface area (Å²) in [7, 11) is 3.44. The number of rotatable bonds is 8. The van der Waals surface area contributed by atoms with Crippen LogP contribution in [0.3, 0.4) is 0 Å². The number of pyridine rings is 2. The Morgan fingerprint density at radius 1 is 1.24 bits per heavy atom. The zero-order chi connectivity index (χ0) is 23.8. The van der Waals surface area contributed by atoms with Crippen LogP contribution in [0.2, 0.25) is 0 Å². The third kappa shape index (κ3) is 4.43. The highest BCUT2D eigenvalue weighted by atomic mass is 16.5. The van der Waals surface area contributed by atoms with Gasteiger partial charge in [0.05, 0.1) is 34.5 Å². The molecule has 0 spiro atoms. The maximum atomic E-state index is 12.3. The average Bonchev–Trinajstić information content (AvgIpc) is 3.11. The van der Waals surface area contributed by atoms with Crippen molar-refractivity contribution >= 4 is 21.9 Å². The van der Waals surface area contributed by atoms with E-state index in [1.54, 1.807) is 31.1 Å². The van der Waals surface area contributed by atoms with Gasteiger partial charge in [-0.3, -0.25) is 14.5 Å². The number of fused-ring (bicyclic) bond motifs is 3. The highest BCUT2D eigenvalue weighted by molar-refractivity contribution is 6.04. The van der Waals surface area contributed by atoms with E-state index in [2.05, 4.69) is 34.0 Å². The number of ether oxygens (including phenoxy) is 1. The first-order valence-corrected chi connectivity index (χ1v) is 11.5. The summed E-state index contributed by atoms with van der Waals surface area (Å²) in [5.74, 6) is 0. The predicted octanol–water partition coefficient (Wildman–Crippen LogP) is 4.45. The van der Waals surface area contributed by atoms with Crippen LogP contribution < -0.4 is 5.69 Å². The largest absolute Gasteiger partial charge is 0.385 e. The summed E-state index contributed by atoms with van der Waals surface area (Å²) in [6.45, 7) is 6.00. The fourth-order valence-electron chi connectivity index (χ4n) is 4.34. The van der Waals surface area contributed by atoms with Gasteiger partial charge in [-0.2, -0.15) is 0 Å². The predicted molar refractivity (Wildman–Crippen MR) is 131 cm³/mol. The van der Waals surface area contributed by atoms with Gasteiger partial charge in [-0.25, -0.2) is 4.79 Å². The fourth-order valence-corrected chi connectivity index (χ4v) is 4.34. The van der Waals surface area contributed by atoms with Crippen LogP contribution >= 0.6 is 0 Å². The van der Waals surface area contributed by atoms with Gasteiger partial charge < -0.3 is 14.8 Å². The molecule has 4 rings (SSSR count). The number of methoxy groups -OCH3 is 1. The second-order valence-electron chi connectivity index (χ2n) is 9.12. The van der Waals surface area contributed by atoms with Crippen molar-refractivity contribution in [1.82, 2.24) is 19.5 Å². The van der Waals surface area contributed by atoms with Crippen LogP contribution in [0.1, 0.15) is 51.2 Å². The van der Waals surface area contributed by atoms with Crippen molar-refractivity contribution in [3.63, 3.8) is 0 Å². The molecule has 0 amide bonds. The Hall–Kier alpha value is -3.03. The lowest BCUT2D eigenvalue weighted by Crippen LogP contribution is -2.21. The summed E-state index contributed by atoms with van der Waals surface area (Å²) in [6.07, 6.45) is 8.64. The molecule has 0 aliphatic rings. The van der Waals surface area contributed by atoms with E-state index in [1.165, 1.54) is 0 Å². The molecule has 3 aromatic heterocycles. The number of aliphatic hydroxyl groups is 1. The Kier molecular flexibility index (Phi) is 6.36. The summed E-state index contributed by atoms with van der Waals surface area (Å²) in [4.78, 5) is 24.3. The van der Waals surface area contributed by atoms with E-state index >= 15 is 0 Å². The number of H-pyrrole nitrogens is 1. The number of imidazole rings is 1. The van der Waals surface area contributed by atoms with E-state index in [0.29, 0.717) is 12.8 Å². The summed E-state index contributed by atoms with van der Waals surface area (Å²) < 4.78 is 7.11. The van der Waals surface area contributed by atoms with Crippen molar-refractivity contribution in [3.8, 4) is 11.1 Å². The molecular weight excluding hydrogens is 416 g/mol. The topological polar surface area (TPSA) is 93.0 Å². The maximum absolute atomic E-state index is 12.3. The number of aromatic nitrogens is 4. The van der Waals surface area contributed by atoms with E-state index in [0.717, 1.165) is 57.0 Å². The zero-order valence-corrected chi connectivity index (χ0v) is 20.0. The first kappa shape index (κ1) is 23.1. The SMILES string of the molecule is CCCCC(C)(O)c1cncc(-c2cc3c(cc2C[C@H](C)OC)ncc2c3[nH]c(=O)n2C)c1. The summed E-state index contributed by atoms with van der Waals surface area (Å²) in [6, 6.07) is 6.15. The fraction of sp³-hybridized carbons (Fsp3) is 0.423. The van der Waals surface area contributed by atoms with Gasteiger partial charge in [0, 0.05) is 43.1 Å². The summed E-state index contributed by atoms with van der Waals surface area (Å²) >= 11 is 0. The minimum atomic E-state index is -0.949. The van der Waals surface area contributed by atoms with Crippen LogP contribution in [0.25, 0.3) is 33.1 Å². The van der Waals surface area contributed by atoms with Crippen LogP contribution in [-0.4, -0.2) is 37.8 Å². The van der Waals surface area contributed by atoms with Gasteiger partial charge in [0.2, 0.25) is 0 Å². The molecule has 0 aliphatic carbocycles. The lowest BCUT2D eigenvalue weighted by molar-refractivity contribution is 0.0451. The summed E-state index contributed by atoms with van der Waals surface area (Å²) in [5, 5.41) is 11.9. The molecule has 3 heterocycles. The van der Waals surface area contributed by atoms with Gasteiger partial charge in [0.15, 0.2) is 0 Å². The molecule has 7 heteroatoms. The van der Waals surface area contributed by atoms with E-state index in [-0.39, 0.29) is 11.8 Å². The van der Waals surface area contributed by atoms with Crippen molar-refractivity contribution in [3.05, 3.63) is 58.4 Å². The molecule has 2 atom stereocenters. The number of unbranched alkanes of at least 4 members (excludes halogenated alkanes) is 1. The lowest BCUT2D eigenvalue weighted by atomic mass is 9.88. The van der Waals surface area contributed by atoms with Gasteiger partial charge in [-0.1, -0.05) is 19.8 Å². The Bertz CT molecular complexity index is 1350. The number of hydrogen-bond acceptors (Lipinski definition) is 5. The number of hydrogen-bond donors (Lipinski definition) is 2. The molecule has 0 saturated heterocycles. The number of nitrogens with zero attached hydrogens (tertiary/aromatic N) is 3. The minimum absolute atomic E-state index is 0.0188. The van der Waals surface area contributed by atoms with E-state index in [4.69, 9.17) is 4.74 Å². The Morgan fingerprint density at radius 2 is 2.03 bits per heavy atom. The number of aryl methyl sites for hydroxylation is 1. The number of aromatic amines is 1. The molecule has 0 saturated carbocycles. The molecule has 0 aliphatic heterocycles. The minimum Gasteiger partial charge on any atom is -0.385 e. The molecule has 7 nitrogen and oxygen atoms in total. The maximum Gasteiger partial charge on any atom is 0.326 e. The van der Waals surface area contributed by atoms with Crippen LogP contribution in [0, 0.1) is 0 Å². The first-order valence-electron chi connectivity index (χ1n) is 11.5. The van der Waals surface area contributed by atoms with Gasteiger partial charge in [-0.05, 0) is 56.0 Å². The highest BCUT2D eigenvalue weighted by Crippen LogP contribution is 2.34. The van der Waals surface area contributed by atoms with Crippen molar-refractivity contribution < 1.29 is 9.84 Å². The third-order valence-electron chi connectivity index (χ3n) is 6.57. The van der Waals surface area contributed by atoms with Gasteiger partial charge in [0.25, 0.3) is 0 Å².